The third kappa shape index (κ3) is 2.80. The summed E-state index contributed by atoms with van der Waals surface area (Å²) in [6, 6.07) is 18.9. The van der Waals surface area contributed by atoms with E-state index in [2.05, 4.69) is 68.5 Å². The molecule has 2 aromatic carbocycles. The van der Waals surface area contributed by atoms with Crippen molar-refractivity contribution >= 4 is 21.8 Å². The Bertz CT molecular complexity index is 704. The van der Waals surface area contributed by atoms with Crippen LogP contribution in [0.15, 0.2) is 59.1 Å². The molecule has 2 aliphatic heterocycles. The van der Waals surface area contributed by atoms with Gasteiger partial charge in [0, 0.05) is 22.7 Å². The number of carbonyl (C=O) groups excluding carboxylic acids is 1. The molecule has 5 heteroatoms. The van der Waals surface area contributed by atoms with Crippen LogP contribution in [0.2, 0.25) is 0 Å². The van der Waals surface area contributed by atoms with Gasteiger partial charge in [0.05, 0.1) is 12.2 Å². The van der Waals surface area contributed by atoms with Crippen molar-refractivity contribution in [1.29, 1.82) is 0 Å². The summed E-state index contributed by atoms with van der Waals surface area (Å²) < 4.78 is 1.06. The summed E-state index contributed by atoms with van der Waals surface area (Å²) in [7, 11) is 0. The molecule has 0 bridgehead atoms. The molecule has 118 valence electrons. The Hall–Kier alpha value is -1.69. The van der Waals surface area contributed by atoms with E-state index in [4.69, 9.17) is 0 Å². The minimum atomic E-state index is -0.0462. The van der Waals surface area contributed by atoms with Gasteiger partial charge in [0.25, 0.3) is 0 Å². The smallest absolute Gasteiger partial charge is 0.221 e. The lowest BCUT2D eigenvalue weighted by Gasteiger charge is -2.36. The Morgan fingerprint density at radius 1 is 0.913 bits per heavy atom. The van der Waals surface area contributed by atoms with Crippen LogP contribution in [-0.2, 0) is 4.79 Å². The molecule has 2 fully saturated rings. The SMILES string of the molecule is O=C1CC(c2ccc(Br)cc2)C2C(NNC2c2ccccc2)N1. The summed E-state index contributed by atoms with van der Waals surface area (Å²) in [6.07, 6.45) is 0.477. The van der Waals surface area contributed by atoms with Gasteiger partial charge in [-0.25, -0.2) is 10.9 Å². The topological polar surface area (TPSA) is 53.2 Å². The minimum absolute atomic E-state index is 0.0462. The van der Waals surface area contributed by atoms with Gasteiger partial charge in [-0.1, -0.05) is 58.4 Å². The van der Waals surface area contributed by atoms with E-state index in [0.29, 0.717) is 6.42 Å². The fourth-order valence-electron chi connectivity index (χ4n) is 3.75. The molecular weight excluding hydrogens is 354 g/mol. The monoisotopic (exact) mass is 371 g/mol. The normalized spacial score (nSPS) is 29.9. The van der Waals surface area contributed by atoms with Crippen LogP contribution in [0.1, 0.15) is 29.5 Å². The molecule has 0 radical (unpaired) electrons. The Balaban J connectivity index is 1.71. The van der Waals surface area contributed by atoms with Gasteiger partial charge in [0.15, 0.2) is 0 Å². The largest absolute Gasteiger partial charge is 0.339 e. The van der Waals surface area contributed by atoms with Crippen molar-refractivity contribution in [2.24, 2.45) is 5.92 Å². The second-order valence-electron chi connectivity index (χ2n) is 6.16. The minimum Gasteiger partial charge on any atom is -0.339 e. The zero-order valence-corrected chi connectivity index (χ0v) is 14.1. The lowest BCUT2D eigenvalue weighted by atomic mass is 9.74. The van der Waals surface area contributed by atoms with Crippen molar-refractivity contribution in [3.63, 3.8) is 0 Å². The van der Waals surface area contributed by atoms with E-state index in [-0.39, 0.29) is 30.0 Å². The summed E-state index contributed by atoms with van der Waals surface area (Å²) in [5.41, 5.74) is 9.08. The number of nitrogens with one attached hydrogen (secondary N) is 3. The highest BCUT2D eigenvalue weighted by molar-refractivity contribution is 9.10. The first-order valence-corrected chi connectivity index (χ1v) is 8.62. The summed E-state index contributed by atoms with van der Waals surface area (Å²) in [4.78, 5) is 12.1. The third-order valence-electron chi connectivity index (χ3n) is 4.81. The predicted molar refractivity (Wildman–Crippen MR) is 92.4 cm³/mol. The molecule has 4 nitrogen and oxygen atoms in total. The van der Waals surface area contributed by atoms with E-state index < -0.39 is 0 Å². The maximum absolute atomic E-state index is 12.1. The molecule has 1 amide bonds. The number of fused-ring (bicyclic) bond motifs is 1. The van der Waals surface area contributed by atoms with E-state index in [1.165, 1.54) is 11.1 Å². The number of amides is 1. The van der Waals surface area contributed by atoms with Gasteiger partial charge in [-0.2, -0.15) is 0 Å². The van der Waals surface area contributed by atoms with E-state index in [1.807, 2.05) is 18.2 Å². The number of rotatable bonds is 2. The molecule has 0 aliphatic carbocycles. The van der Waals surface area contributed by atoms with Crippen LogP contribution >= 0.6 is 15.9 Å². The van der Waals surface area contributed by atoms with Crippen molar-refractivity contribution < 1.29 is 4.79 Å². The van der Waals surface area contributed by atoms with Crippen molar-refractivity contribution in [3.8, 4) is 0 Å². The fourth-order valence-corrected chi connectivity index (χ4v) is 4.01. The van der Waals surface area contributed by atoms with Crippen LogP contribution in [0.5, 0.6) is 0 Å². The van der Waals surface area contributed by atoms with Crippen LogP contribution in [0, 0.1) is 5.92 Å². The molecule has 0 aromatic heterocycles. The van der Waals surface area contributed by atoms with Crippen molar-refractivity contribution in [2.75, 3.05) is 0 Å². The van der Waals surface area contributed by atoms with Crippen LogP contribution < -0.4 is 16.2 Å². The summed E-state index contributed by atoms with van der Waals surface area (Å²) in [5.74, 6) is 0.563. The standard InChI is InChI=1S/C18H18BrN3O/c19-13-8-6-11(7-9-13)14-10-15(23)20-18-16(14)17(21-22-18)12-4-2-1-3-5-12/h1-9,14,16-18,21-22H,10H2,(H,20,23). The molecule has 0 saturated carbocycles. The molecule has 4 rings (SSSR count). The maximum Gasteiger partial charge on any atom is 0.221 e. The van der Waals surface area contributed by atoms with E-state index in [1.54, 1.807) is 0 Å². The zero-order chi connectivity index (χ0) is 15.8. The number of hydrogen-bond acceptors (Lipinski definition) is 3. The highest BCUT2D eigenvalue weighted by atomic mass is 79.9. The molecule has 2 aliphatic rings. The van der Waals surface area contributed by atoms with E-state index in [0.717, 1.165) is 4.47 Å². The van der Waals surface area contributed by atoms with Gasteiger partial charge in [0.1, 0.15) is 0 Å². The fraction of sp³-hybridized carbons (Fsp3) is 0.278. The van der Waals surface area contributed by atoms with E-state index >= 15 is 0 Å². The Morgan fingerprint density at radius 2 is 1.65 bits per heavy atom. The highest BCUT2D eigenvalue weighted by Gasteiger charge is 2.46. The van der Waals surface area contributed by atoms with E-state index in [9.17, 15) is 4.79 Å². The molecule has 2 saturated heterocycles. The zero-order valence-electron chi connectivity index (χ0n) is 12.5. The summed E-state index contributed by atoms with van der Waals surface area (Å²) in [6.45, 7) is 0. The Labute approximate surface area is 143 Å². The summed E-state index contributed by atoms with van der Waals surface area (Å²) >= 11 is 3.48. The van der Waals surface area contributed by atoms with Crippen LogP contribution in [-0.4, -0.2) is 12.1 Å². The number of carbonyl (C=O) groups is 1. The summed E-state index contributed by atoms with van der Waals surface area (Å²) in [5, 5.41) is 3.07. The third-order valence-corrected chi connectivity index (χ3v) is 5.34. The first-order valence-electron chi connectivity index (χ1n) is 7.83. The Morgan fingerprint density at radius 3 is 2.39 bits per heavy atom. The lowest BCUT2D eigenvalue weighted by Crippen LogP contribution is -2.52. The molecule has 4 unspecified atom stereocenters. The first kappa shape index (κ1) is 14.9. The number of benzene rings is 2. The van der Waals surface area contributed by atoms with Gasteiger partial charge in [-0.15, -0.1) is 0 Å². The van der Waals surface area contributed by atoms with Crippen LogP contribution in [0.25, 0.3) is 0 Å². The molecule has 23 heavy (non-hydrogen) atoms. The molecule has 2 aromatic rings. The van der Waals surface area contributed by atoms with Gasteiger partial charge >= 0.3 is 0 Å². The quantitative estimate of drug-likeness (QED) is 0.760. The molecule has 4 atom stereocenters. The van der Waals surface area contributed by atoms with Gasteiger partial charge < -0.3 is 5.32 Å². The number of piperidine rings is 1. The van der Waals surface area contributed by atoms with Crippen molar-refractivity contribution in [1.82, 2.24) is 16.2 Å². The molecule has 0 spiro atoms. The second-order valence-corrected chi connectivity index (χ2v) is 7.08. The average Bonchev–Trinajstić information content (AvgIpc) is 2.99. The number of hydrazine groups is 1. The maximum atomic E-state index is 12.1. The van der Waals surface area contributed by atoms with Gasteiger partial charge in [0.2, 0.25) is 5.91 Å². The van der Waals surface area contributed by atoms with Crippen LogP contribution in [0.4, 0.5) is 0 Å². The second kappa shape index (κ2) is 6.07. The van der Waals surface area contributed by atoms with Gasteiger partial charge in [-0.05, 0) is 23.3 Å². The first-order chi connectivity index (χ1) is 11.2. The lowest BCUT2D eigenvalue weighted by molar-refractivity contribution is -0.125. The van der Waals surface area contributed by atoms with Crippen LogP contribution in [0.3, 0.4) is 0 Å². The Kier molecular flexibility index (Phi) is 3.93. The molecule has 2 heterocycles. The van der Waals surface area contributed by atoms with Gasteiger partial charge in [-0.3, -0.25) is 4.79 Å². The van der Waals surface area contributed by atoms with Crippen molar-refractivity contribution in [2.45, 2.75) is 24.5 Å². The highest BCUT2D eigenvalue weighted by Crippen LogP contribution is 2.43. The predicted octanol–water partition coefficient (Wildman–Crippen LogP) is 2.84. The number of hydrogen-bond donors (Lipinski definition) is 3. The average molecular weight is 372 g/mol. The molecular formula is C18H18BrN3O. The van der Waals surface area contributed by atoms with Crippen molar-refractivity contribution in [3.05, 3.63) is 70.2 Å². The number of halogens is 1. The molecule has 3 N–H and O–H groups in total.